The SMILES string of the molecule is CC12CC3CC(C1)CC(C(O)CC1CCC1)(C3)C2. The van der Waals surface area contributed by atoms with E-state index in [0.717, 1.165) is 24.2 Å². The van der Waals surface area contributed by atoms with Gasteiger partial charge in [0, 0.05) is 0 Å². The number of aliphatic hydroxyl groups excluding tert-OH is 1. The van der Waals surface area contributed by atoms with Crippen molar-refractivity contribution >= 4 is 0 Å². The minimum absolute atomic E-state index is 0.0213. The molecule has 0 amide bonds. The Morgan fingerprint density at radius 2 is 1.78 bits per heavy atom. The Kier molecular flexibility index (Phi) is 2.45. The van der Waals surface area contributed by atoms with Crippen LogP contribution in [0.5, 0.6) is 0 Å². The van der Waals surface area contributed by atoms with Gasteiger partial charge in [-0.2, -0.15) is 0 Å². The molecule has 5 fully saturated rings. The van der Waals surface area contributed by atoms with Gasteiger partial charge in [0.25, 0.3) is 0 Å². The van der Waals surface area contributed by atoms with Crippen LogP contribution in [0.3, 0.4) is 0 Å². The lowest BCUT2D eigenvalue weighted by atomic mass is 9.43. The molecule has 5 aliphatic rings. The summed E-state index contributed by atoms with van der Waals surface area (Å²) in [6.45, 7) is 2.51. The summed E-state index contributed by atoms with van der Waals surface area (Å²) < 4.78 is 0. The molecule has 3 unspecified atom stereocenters. The topological polar surface area (TPSA) is 20.2 Å². The third-order valence-corrected chi connectivity index (χ3v) is 6.89. The first-order chi connectivity index (χ1) is 8.57. The Balaban J connectivity index is 1.55. The molecule has 0 heterocycles. The molecule has 0 radical (unpaired) electrons. The zero-order valence-electron chi connectivity index (χ0n) is 11.8. The highest BCUT2D eigenvalue weighted by Gasteiger charge is 2.58. The van der Waals surface area contributed by atoms with Gasteiger partial charge in [0.1, 0.15) is 0 Å². The second kappa shape index (κ2) is 3.75. The fourth-order valence-corrected chi connectivity index (χ4v) is 6.48. The third-order valence-electron chi connectivity index (χ3n) is 6.89. The van der Waals surface area contributed by atoms with Crippen LogP contribution in [-0.4, -0.2) is 11.2 Å². The third kappa shape index (κ3) is 1.69. The molecule has 1 nitrogen and oxygen atoms in total. The summed E-state index contributed by atoms with van der Waals surface area (Å²) in [6, 6.07) is 0. The van der Waals surface area contributed by atoms with E-state index in [2.05, 4.69) is 6.92 Å². The van der Waals surface area contributed by atoms with E-state index >= 15 is 0 Å². The lowest BCUT2D eigenvalue weighted by Gasteiger charge is -2.63. The molecule has 0 aromatic heterocycles. The minimum Gasteiger partial charge on any atom is -0.393 e. The van der Waals surface area contributed by atoms with Crippen LogP contribution in [0.4, 0.5) is 0 Å². The lowest BCUT2D eigenvalue weighted by molar-refractivity contribution is -0.159. The zero-order chi connectivity index (χ0) is 12.4. The molecule has 18 heavy (non-hydrogen) atoms. The maximum atomic E-state index is 10.9. The predicted octanol–water partition coefficient (Wildman–Crippen LogP) is 4.14. The Morgan fingerprint density at radius 1 is 1.11 bits per heavy atom. The molecule has 1 N–H and O–H groups in total. The average Bonchev–Trinajstić information content (AvgIpc) is 2.19. The fraction of sp³-hybridized carbons (Fsp3) is 1.00. The second-order valence-electron chi connectivity index (χ2n) is 8.68. The molecule has 102 valence electrons. The first-order valence-corrected chi connectivity index (χ1v) is 8.25. The maximum absolute atomic E-state index is 10.9. The van der Waals surface area contributed by atoms with Crippen molar-refractivity contribution in [3.05, 3.63) is 0 Å². The van der Waals surface area contributed by atoms with Crippen molar-refractivity contribution in [3.8, 4) is 0 Å². The quantitative estimate of drug-likeness (QED) is 0.795. The smallest absolute Gasteiger partial charge is 0.0599 e. The van der Waals surface area contributed by atoms with Gasteiger partial charge in [-0.25, -0.2) is 0 Å². The molecule has 3 atom stereocenters. The second-order valence-corrected chi connectivity index (χ2v) is 8.68. The van der Waals surface area contributed by atoms with Gasteiger partial charge in [-0.1, -0.05) is 26.2 Å². The summed E-state index contributed by atoms with van der Waals surface area (Å²) in [5, 5.41) is 10.9. The van der Waals surface area contributed by atoms with Crippen LogP contribution < -0.4 is 0 Å². The minimum atomic E-state index is 0.0213. The molecule has 0 saturated heterocycles. The molecule has 4 bridgehead atoms. The summed E-state index contributed by atoms with van der Waals surface area (Å²) in [6.07, 6.45) is 13.8. The molecule has 5 aliphatic carbocycles. The van der Waals surface area contributed by atoms with Crippen LogP contribution in [0.2, 0.25) is 0 Å². The van der Waals surface area contributed by atoms with Crippen molar-refractivity contribution in [1.82, 2.24) is 0 Å². The van der Waals surface area contributed by atoms with Crippen molar-refractivity contribution in [2.45, 2.75) is 77.2 Å². The van der Waals surface area contributed by atoms with E-state index in [1.807, 2.05) is 0 Å². The Bertz CT molecular complexity index is 330. The van der Waals surface area contributed by atoms with Crippen LogP contribution in [0.15, 0.2) is 0 Å². The molecule has 0 aromatic carbocycles. The average molecular weight is 248 g/mol. The van der Waals surface area contributed by atoms with Crippen LogP contribution in [0.1, 0.15) is 71.1 Å². The summed E-state index contributed by atoms with van der Waals surface area (Å²) in [4.78, 5) is 0. The van der Waals surface area contributed by atoms with Gasteiger partial charge in [0.15, 0.2) is 0 Å². The first-order valence-electron chi connectivity index (χ1n) is 8.25. The zero-order valence-corrected chi connectivity index (χ0v) is 11.8. The largest absolute Gasteiger partial charge is 0.393 e. The van der Waals surface area contributed by atoms with Gasteiger partial charge in [0.2, 0.25) is 0 Å². The number of hydrogen-bond donors (Lipinski definition) is 1. The van der Waals surface area contributed by atoms with Gasteiger partial charge in [-0.3, -0.25) is 0 Å². The molecule has 1 heteroatoms. The number of rotatable bonds is 3. The van der Waals surface area contributed by atoms with E-state index in [1.165, 1.54) is 57.8 Å². The van der Waals surface area contributed by atoms with Crippen molar-refractivity contribution in [1.29, 1.82) is 0 Å². The standard InChI is InChI=1S/C17H28O/c1-16-7-13-5-14(8-16)10-17(9-13,11-16)15(18)6-12-3-2-4-12/h12-15,18H,2-11H2,1H3. The van der Waals surface area contributed by atoms with Crippen LogP contribution in [0, 0.1) is 28.6 Å². The summed E-state index contributed by atoms with van der Waals surface area (Å²) in [7, 11) is 0. The monoisotopic (exact) mass is 248 g/mol. The molecule has 5 rings (SSSR count). The number of hydrogen-bond acceptors (Lipinski definition) is 1. The van der Waals surface area contributed by atoms with E-state index in [0.29, 0.717) is 10.8 Å². The van der Waals surface area contributed by atoms with Crippen molar-refractivity contribution in [3.63, 3.8) is 0 Å². The molecule has 5 saturated carbocycles. The highest BCUT2D eigenvalue weighted by molar-refractivity contribution is 5.08. The van der Waals surface area contributed by atoms with E-state index in [9.17, 15) is 5.11 Å². The van der Waals surface area contributed by atoms with Crippen LogP contribution >= 0.6 is 0 Å². The van der Waals surface area contributed by atoms with E-state index in [-0.39, 0.29) is 6.10 Å². The Labute approximate surface area is 111 Å². The predicted molar refractivity (Wildman–Crippen MR) is 73.2 cm³/mol. The van der Waals surface area contributed by atoms with Gasteiger partial charge in [-0.05, 0) is 73.5 Å². The van der Waals surface area contributed by atoms with Crippen molar-refractivity contribution < 1.29 is 5.11 Å². The summed E-state index contributed by atoms with van der Waals surface area (Å²) >= 11 is 0. The summed E-state index contributed by atoms with van der Waals surface area (Å²) in [5.74, 6) is 2.76. The van der Waals surface area contributed by atoms with Crippen LogP contribution in [-0.2, 0) is 0 Å². The van der Waals surface area contributed by atoms with Crippen LogP contribution in [0.25, 0.3) is 0 Å². The normalized spacial score (nSPS) is 52.3. The molecule has 0 spiro atoms. The van der Waals surface area contributed by atoms with E-state index in [1.54, 1.807) is 0 Å². The maximum Gasteiger partial charge on any atom is 0.0599 e. The van der Waals surface area contributed by atoms with Crippen molar-refractivity contribution in [2.75, 3.05) is 0 Å². The highest BCUT2D eigenvalue weighted by atomic mass is 16.3. The van der Waals surface area contributed by atoms with Gasteiger partial charge < -0.3 is 5.11 Å². The van der Waals surface area contributed by atoms with E-state index < -0.39 is 0 Å². The Morgan fingerprint density at radius 3 is 2.28 bits per heavy atom. The van der Waals surface area contributed by atoms with Gasteiger partial charge >= 0.3 is 0 Å². The molecule has 0 aromatic rings. The van der Waals surface area contributed by atoms with Crippen molar-refractivity contribution in [2.24, 2.45) is 28.6 Å². The Hall–Kier alpha value is -0.0400. The molecule has 0 aliphatic heterocycles. The lowest BCUT2D eigenvalue weighted by Crippen LogP contribution is -2.55. The number of aliphatic hydroxyl groups is 1. The molecular weight excluding hydrogens is 220 g/mol. The molecular formula is C17H28O. The highest BCUT2D eigenvalue weighted by Crippen LogP contribution is 2.66. The summed E-state index contributed by atoms with van der Waals surface area (Å²) in [5.41, 5.74) is 0.930. The van der Waals surface area contributed by atoms with Gasteiger partial charge in [0.05, 0.1) is 6.10 Å². The van der Waals surface area contributed by atoms with Gasteiger partial charge in [-0.15, -0.1) is 0 Å². The van der Waals surface area contributed by atoms with E-state index in [4.69, 9.17) is 0 Å². The fourth-order valence-electron chi connectivity index (χ4n) is 6.48. The first kappa shape index (κ1) is 11.8.